The van der Waals surface area contributed by atoms with E-state index in [0.717, 1.165) is 12.8 Å². The van der Waals surface area contributed by atoms with Crippen LogP contribution in [-0.2, 0) is 18.9 Å². The second-order valence-electron chi connectivity index (χ2n) is 6.49. The lowest BCUT2D eigenvalue weighted by molar-refractivity contribution is -0.194. The Morgan fingerprint density at radius 1 is 1.00 bits per heavy atom. The molecule has 0 saturated carbocycles. The molecule has 17 heavy (non-hydrogen) atoms. The topological polar surface area (TPSA) is 36.9 Å². The van der Waals surface area contributed by atoms with E-state index in [1.165, 1.54) is 0 Å². The largest absolute Gasteiger partial charge is 0.348 e. The lowest BCUT2D eigenvalue weighted by Crippen LogP contribution is -2.32. The van der Waals surface area contributed by atoms with Crippen molar-refractivity contribution >= 4 is 0 Å². The minimum Gasteiger partial charge on any atom is -0.348 e. The number of rotatable bonds is 1. The molecule has 3 heterocycles. The average Bonchev–Trinajstić information content (AvgIpc) is 2.75. The first-order valence-corrected chi connectivity index (χ1v) is 6.50. The van der Waals surface area contributed by atoms with E-state index in [1.54, 1.807) is 0 Å². The number of ether oxygens (including phenoxy) is 4. The van der Waals surface area contributed by atoms with E-state index in [4.69, 9.17) is 18.9 Å². The van der Waals surface area contributed by atoms with Crippen molar-refractivity contribution in [3.05, 3.63) is 0 Å². The van der Waals surface area contributed by atoms with Gasteiger partial charge in [-0.2, -0.15) is 0 Å². The minimum absolute atomic E-state index is 0.0351. The Morgan fingerprint density at radius 3 is 2.35 bits per heavy atom. The first-order valence-electron chi connectivity index (χ1n) is 6.50. The molecule has 4 heteroatoms. The van der Waals surface area contributed by atoms with Gasteiger partial charge in [0.25, 0.3) is 0 Å². The predicted molar refractivity (Wildman–Crippen MR) is 61.5 cm³/mol. The van der Waals surface area contributed by atoms with Gasteiger partial charge in [0, 0.05) is 5.92 Å². The lowest BCUT2D eigenvalue weighted by atomic mass is 9.93. The fraction of sp³-hybridized carbons (Fsp3) is 1.00. The molecule has 0 aliphatic carbocycles. The molecule has 3 saturated heterocycles. The smallest absolute Gasteiger partial charge is 0.163 e. The van der Waals surface area contributed by atoms with Gasteiger partial charge in [-0.05, 0) is 40.5 Å². The van der Waals surface area contributed by atoms with E-state index in [9.17, 15) is 0 Å². The highest BCUT2D eigenvalue weighted by molar-refractivity contribution is 4.93. The standard InChI is InChI=1S/C13H22O4/c1-12(2)6-8-5-9(15-11(8)17-12)10-7-14-13(3,4)16-10/h8-11H,5-7H2,1-4H3/t8-,9?,10?,11?/m0/s1. The summed E-state index contributed by atoms with van der Waals surface area (Å²) in [4.78, 5) is 0. The molecule has 0 spiro atoms. The maximum Gasteiger partial charge on any atom is 0.163 e. The van der Waals surface area contributed by atoms with Crippen LogP contribution < -0.4 is 0 Å². The molecule has 98 valence electrons. The van der Waals surface area contributed by atoms with Gasteiger partial charge >= 0.3 is 0 Å². The molecule has 0 aromatic rings. The third-order valence-electron chi connectivity index (χ3n) is 3.86. The molecular weight excluding hydrogens is 220 g/mol. The second kappa shape index (κ2) is 3.67. The van der Waals surface area contributed by atoms with Crippen LogP contribution >= 0.6 is 0 Å². The van der Waals surface area contributed by atoms with Gasteiger partial charge in [-0.3, -0.25) is 0 Å². The zero-order valence-electron chi connectivity index (χ0n) is 11.1. The third-order valence-corrected chi connectivity index (χ3v) is 3.86. The van der Waals surface area contributed by atoms with E-state index >= 15 is 0 Å². The van der Waals surface area contributed by atoms with Crippen molar-refractivity contribution in [2.75, 3.05) is 6.61 Å². The van der Waals surface area contributed by atoms with Gasteiger partial charge in [-0.15, -0.1) is 0 Å². The van der Waals surface area contributed by atoms with Crippen molar-refractivity contribution < 1.29 is 18.9 Å². The van der Waals surface area contributed by atoms with Gasteiger partial charge < -0.3 is 18.9 Å². The Kier molecular flexibility index (Phi) is 2.57. The van der Waals surface area contributed by atoms with Crippen LogP contribution in [0.25, 0.3) is 0 Å². The van der Waals surface area contributed by atoms with E-state index < -0.39 is 5.79 Å². The average molecular weight is 242 g/mol. The van der Waals surface area contributed by atoms with Crippen LogP contribution in [0.15, 0.2) is 0 Å². The Labute approximate surface area is 103 Å². The predicted octanol–water partition coefficient (Wildman–Crippen LogP) is 2.07. The molecule has 0 N–H and O–H groups in total. The molecule has 3 fully saturated rings. The summed E-state index contributed by atoms with van der Waals surface area (Å²) >= 11 is 0. The van der Waals surface area contributed by atoms with Gasteiger partial charge in [0.05, 0.1) is 18.3 Å². The number of hydrogen-bond donors (Lipinski definition) is 0. The van der Waals surface area contributed by atoms with Crippen LogP contribution in [0.4, 0.5) is 0 Å². The molecule has 0 radical (unpaired) electrons. The molecular formula is C13H22O4. The minimum atomic E-state index is -0.466. The molecule has 0 aromatic carbocycles. The van der Waals surface area contributed by atoms with Gasteiger partial charge in [0.1, 0.15) is 6.10 Å². The summed E-state index contributed by atoms with van der Waals surface area (Å²) in [5, 5.41) is 0. The van der Waals surface area contributed by atoms with Crippen molar-refractivity contribution in [3.63, 3.8) is 0 Å². The van der Waals surface area contributed by atoms with E-state index in [1.807, 2.05) is 13.8 Å². The molecule has 3 rings (SSSR count). The highest BCUT2D eigenvalue weighted by Gasteiger charge is 2.51. The summed E-state index contributed by atoms with van der Waals surface area (Å²) in [6.45, 7) is 8.77. The van der Waals surface area contributed by atoms with Gasteiger partial charge in [-0.25, -0.2) is 0 Å². The Bertz CT molecular complexity index is 297. The Hall–Kier alpha value is -0.160. The van der Waals surface area contributed by atoms with E-state index in [-0.39, 0.29) is 24.1 Å². The summed E-state index contributed by atoms with van der Waals surface area (Å²) in [5.74, 6) is 0.0496. The normalized spacial score (nSPS) is 47.3. The highest BCUT2D eigenvalue weighted by Crippen LogP contribution is 2.45. The van der Waals surface area contributed by atoms with Gasteiger partial charge in [-0.1, -0.05) is 0 Å². The fourth-order valence-electron chi connectivity index (χ4n) is 3.18. The summed E-state index contributed by atoms with van der Waals surface area (Å²) in [5.41, 5.74) is -0.0351. The van der Waals surface area contributed by atoms with Gasteiger partial charge in [0.2, 0.25) is 0 Å². The Morgan fingerprint density at radius 2 is 1.76 bits per heavy atom. The summed E-state index contributed by atoms with van der Waals surface area (Å²) in [6, 6.07) is 0. The van der Waals surface area contributed by atoms with Crippen LogP contribution in [0, 0.1) is 5.92 Å². The molecule has 4 nitrogen and oxygen atoms in total. The number of hydrogen-bond acceptors (Lipinski definition) is 4. The molecule has 4 atom stereocenters. The maximum absolute atomic E-state index is 5.97. The third kappa shape index (κ3) is 2.24. The number of fused-ring (bicyclic) bond motifs is 1. The SMILES string of the molecule is CC1(C)C[C@@H]2CC(C3COC(C)(C)O3)OC2O1. The quantitative estimate of drug-likeness (QED) is 0.705. The van der Waals surface area contributed by atoms with Crippen molar-refractivity contribution in [1.29, 1.82) is 0 Å². The summed E-state index contributed by atoms with van der Waals surface area (Å²) < 4.78 is 23.3. The molecule has 3 aliphatic rings. The van der Waals surface area contributed by atoms with Crippen molar-refractivity contribution in [3.8, 4) is 0 Å². The molecule has 0 bridgehead atoms. The van der Waals surface area contributed by atoms with Crippen LogP contribution in [0.5, 0.6) is 0 Å². The van der Waals surface area contributed by atoms with Crippen molar-refractivity contribution in [2.45, 2.75) is 70.4 Å². The first kappa shape index (κ1) is 11.9. The zero-order chi connectivity index (χ0) is 12.3. The summed E-state index contributed by atoms with van der Waals surface area (Å²) in [7, 11) is 0. The second-order valence-corrected chi connectivity index (χ2v) is 6.49. The van der Waals surface area contributed by atoms with Crippen molar-refractivity contribution in [1.82, 2.24) is 0 Å². The fourth-order valence-corrected chi connectivity index (χ4v) is 3.18. The molecule has 3 aliphatic heterocycles. The van der Waals surface area contributed by atoms with Crippen molar-refractivity contribution in [2.24, 2.45) is 5.92 Å². The molecule has 3 unspecified atom stereocenters. The van der Waals surface area contributed by atoms with E-state index in [2.05, 4.69) is 13.8 Å². The van der Waals surface area contributed by atoms with Gasteiger partial charge in [0.15, 0.2) is 12.1 Å². The van der Waals surface area contributed by atoms with Crippen LogP contribution in [0.1, 0.15) is 40.5 Å². The van der Waals surface area contributed by atoms with E-state index in [0.29, 0.717) is 12.5 Å². The monoisotopic (exact) mass is 242 g/mol. The van der Waals surface area contributed by atoms with Crippen LogP contribution in [0.3, 0.4) is 0 Å². The highest BCUT2D eigenvalue weighted by atomic mass is 16.8. The van der Waals surface area contributed by atoms with Crippen LogP contribution in [-0.4, -0.2) is 36.5 Å². The van der Waals surface area contributed by atoms with Crippen LogP contribution in [0.2, 0.25) is 0 Å². The zero-order valence-corrected chi connectivity index (χ0v) is 11.1. The molecule has 0 amide bonds. The Balaban J connectivity index is 1.60. The lowest BCUT2D eigenvalue weighted by Gasteiger charge is -2.24. The first-order chi connectivity index (χ1) is 7.85. The summed E-state index contributed by atoms with van der Waals surface area (Å²) in [6.07, 6.45) is 2.25. The molecule has 0 aromatic heterocycles. The maximum atomic E-state index is 5.97.